The summed E-state index contributed by atoms with van der Waals surface area (Å²) in [4.78, 5) is 26.5. The van der Waals surface area contributed by atoms with Gasteiger partial charge in [0.2, 0.25) is 0 Å². The van der Waals surface area contributed by atoms with Crippen molar-refractivity contribution < 1.29 is 19.5 Å². The van der Waals surface area contributed by atoms with Gasteiger partial charge in [-0.2, -0.15) is 0 Å². The Morgan fingerprint density at radius 2 is 2.44 bits per heavy atom. The Morgan fingerprint density at radius 3 is 2.94 bits per heavy atom. The molecule has 1 rings (SSSR count). The van der Waals surface area contributed by atoms with E-state index in [9.17, 15) is 9.59 Å². The van der Waals surface area contributed by atoms with Gasteiger partial charge in [0.15, 0.2) is 5.13 Å². The molecule has 3 N–H and O–H groups in total. The van der Waals surface area contributed by atoms with Crippen LogP contribution in [0.4, 0.5) is 5.13 Å². The van der Waals surface area contributed by atoms with Crippen molar-refractivity contribution in [2.45, 2.75) is 5.92 Å². The molecule has 1 amide bonds. The number of esters is 1. The van der Waals surface area contributed by atoms with Crippen molar-refractivity contribution >= 4 is 34.6 Å². The summed E-state index contributed by atoms with van der Waals surface area (Å²) in [6.07, 6.45) is 0.629. The maximum Gasteiger partial charge on any atom is 0.316 e. The van der Waals surface area contributed by atoms with Crippen LogP contribution in [0, 0.1) is 0 Å². The van der Waals surface area contributed by atoms with Gasteiger partial charge in [0.1, 0.15) is 12.1 Å². The Bertz CT molecular complexity index is 459. The Labute approximate surface area is 106 Å². The predicted octanol–water partition coefficient (Wildman–Crippen LogP) is -0.427. The maximum absolute atomic E-state index is 11.5. The van der Waals surface area contributed by atoms with E-state index in [1.54, 1.807) is 5.38 Å². The van der Waals surface area contributed by atoms with Gasteiger partial charge in [0.05, 0.1) is 19.3 Å². The molecule has 1 aromatic heterocycles. The average molecular weight is 271 g/mol. The van der Waals surface area contributed by atoms with Gasteiger partial charge in [-0.3, -0.25) is 9.59 Å². The third-order valence-corrected chi connectivity index (χ3v) is 2.67. The third kappa shape index (κ3) is 3.70. The van der Waals surface area contributed by atoms with Gasteiger partial charge in [0.25, 0.3) is 5.91 Å². The molecule has 1 aromatic rings. The van der Waals surface area contributed by atoms with Crippen molar-refractivity contribution in [2.24, 2.45) is 5.16 Å². The summed E-state index contributed by atoms with van der Waals surface area (Å²) in [5.41, 5.74) is 5.86. The second kappa shape index (κ2) is 6.55. The number of rotatable bonds is 5. The lowest BCUT2D eigenvalue weighted by atomic mass is 10.1. The summed E-state index contributed by atoms with van der Waals surface area (Å²) in [5, 5.41) is 16.1. The Balaban J connectivity index is 2.74. The van der Waals surface area contributed by atoms with Crippen LogP contribution in [-0.2, 0) is 14.3 Å². The summed E-state index contributed by atoms with van der Waals surface area (Å²) in [6.45, 7) is -0.152. The highest BCUT2D eigenvalue weighted by Gasteiger charge is 2.25. The molecule has 0 spiro atoms. The summed E-state index contributed by atoms with van der Waals surface area (Å²) >= 11 is 1.17. The molecule has 1 radical (unpaired) electrons. The molecule has 0 fully saturated rings. The minimum absolute atomic E-state index is 0.152. The molecule has 97 valence electrons. The van der Waals surface area contributed by atoms with Crippen LogP contribution in [-0.4, -0.2) is 41.9 Å². The number of anilines is 1. The molecule has 0 aromatic carbocycles. The van der Waals surface area contributed by atoms with Crippen molar-refractivity contribution in [3.8, 4) is 0 Å². The summed E-state index contributed by atoms with van der Waals surface area (Å²) in [6, 6.07) is 0. The van der Waals surface area contributed by atoms with E-state index >= 15 is 0 Å². The molecule has 1 atom stereocenters. The van der Waals surface area contributed by atoms with Crippen LogP contribution in [0.15, 0.2) is 10.5 Å². The predicted molar refractivity (Wildman–Crippen MR) is 63.6 cm³/mol. The average Bonchev–Trinajstić information content (AvgIpc) is 2.76. The molecule has 0 aliphatic rings. The number of thiazole rings is 1. The molecule has 0 aliphatic carbocycles. The molecule has 8 nitrogen and oxygen atoms in total. The highest BCUT2D eigenvalue weighted by Crippen LogP contribution is 2.21. The van der Waals surface area contributed by atoms with Crippen molar-refractivity contribution in [1.82, 2.24) is 10.3 Å². The molecule has 0 aliphatic heterocycles. The van der Waals surface area contributed by atoms with Crippen LogP contribution in [0.3, 0.4) is 0 Å². The van der Waals surface area contributed by atoms with Gasteiger partial charge in [0, 0.05) is 5.38 Å². The van der Waals surface area contributed by atoms with Crippen molar-refractivity contribution in [2.75, 3.05) is 19.4 Å². The van der Waals surface area contributed by atoms with E-state index in [1.807, 2.05) is 0 Å². The first-order valence-electron chi connectivity index (χ1n) is 4.76. The van der Waals surface area contributed by atoms with E-state index in [0.717, 1.165) is 0 Å². The number of hydrogen-bond donors (Lipinski definition) is 2. The van der Waals surface area contributed by atoms with E-state index in [0.29, 0.717) is 17.0 Å². The van der Waals surface area contributed by atoms with Crippen LogP contribution >= 0.6 is 11.3 Å². The minimum Gasteiger partial charge on any atom is -0.468 e. The first kappa shape index (κ1) is 13.9. The molecule has 9 heteroatoms. The number of ether oxygens (including phenoxy) is 1. The van der Waals surface area contributed by atoms with Gasteiger partial charge >= 0.3 is 5.97 Å². The smallest absolute Gasteiger partial charge is 0.316 e. The quantitative estimate of drug-likeness (QED) is 0.323. The zero-order chi connectivity index (χ0) is 13.5. The maximum atomic E-state index is 11.5. The number of methoxy groups -OCH3 is 1. The Hall–Kier alpha value is -2.16. The highest BCUT2D eigenvalue weighted by atomic mass is 32.1. The number of aromatic nitrogens is 1. The number of amides is 1. The minimum atomic E-state index is -0.806. The van der Waals surface area contributed by atoms with Gasteiger partial charge in [-0.05, 0) is 0 Å². The van der Waals surface area contributed by atoms with Crippen LogP contribution in [0.1, 0.15) is 11.6 Å². The first-order chi connectivity index (χ1) is 8.58. The molecule has 18 heavy (non-hydrogen) atoms. The summed E-state index contributed by atoms with van der Waals surface area (Å²) in [5.74, 6) is -2.13. The lowest BCUT2D eigenvalue weighted by molar-refractivity contribution is -0.142. The molecule has 1 heterocycles. The van der Waals surface area contributed by atoms with Crippen LogP contribution in [0.2, 0.25) is 0 Å². The summed E-state index contributed by atoms with van der Waals surface area (Å²) in [7, 11) is 1.22. The van der Waals surface area contributed by atoms with Crippen LogP contribution in [0.25, 0.3) is 0 Å². The molecule has 0 saturated heterocycles. The van der Waals surface area contributed by atoms with Gasteiger partial charge in [-0.15, -0.1) is 11.3 Å². The SMILES string of the molecule is COC(=O)C(C[N]C(=O)C=NO)c1csc(N)n1. The highest BCUT2D eigenvalue weighted by molar-refractivity contribution is 7.13. The molecule has 0 saturated carbocycles. The van der Waals surface area contributed by atoms with Crippen LogP contribution in [0.5, 0.6) is 0 Å². The fourth-order valence-corrected chi connectivity index (χ4v) is 1.78. The Morgan fingerprint density at radius 1 is 1.72 bits per heavy atom. The lowest BCUT2D eigenvalue weighted by Crippen LogP contribution is -2.28. The summed E-state index contributed by atoms with van der Waals surface area (Å²) < 4.78 is 4.60. The van der Waals surface area contributed by atoms with Gasteiger partial charge < -0.3 is 15.7 Å². The van der Waals surface area contributed by atoms with Crippen LogP contribution < -0.4 is 11.1 Å². The zero-order valence-corrected chi connectivity index (χ0v) is 10.3. The second-order valence-electron chi connectivity index (χ2n) is 3.11. The first-order valence-corrected chi connectivity index (χ1v) is 5.64. The van der Waals surface area contributed by atoms with Crippen molar-refractivity contribution in [1.29, 1.82) is 0 Å². The molecule has 1 unspecified atom stereocenters. The molecular weight excluding hydrogens is 260 g/mol. The third-order valence-electron chi connectivity index (χ3n) is 1.98. The fraction of sp³-hybridized carbons (Fsp3) is 0.333. The fourth-order valence-electron chi connectivity index (χ4n) is 1.16. The number of hydrogen-bond acceptors (Lipinski definition) is 8. The topological polar surface area (TPSA) is 129 Å². The van der Waals surface area contributed by atoms with E-state index in [4.69, 9.17) is 10.9 Å². The number of oxime groups is 1. The van der Waals surface area contributed by atoms with Crippen molar-refractivity contribution in [3.63, 3.8) is 0 Å². The number of carbonyl (C=O) groups excluding carboxylic acids is 2. The molecule has 0 bridgehead atoms. The number of nitrogen functional groups attached to an aromatic ring is 1. The normalized spacial score (nSPS) is 12.3. The second-order valence-corrected chi connectivity index (χ2v) is 4.00. The van der Waals surface area contributed by atoms with E-state index < -0.39 is 17.8 Å². The monoisotopic (exact) mass is 271 g/mol. The van der Waals surface area contributed by atoms with E-state index in [-0.39, 0.29) is 6.54 Å². The van der Waals surface area contributed by atoms with Gasteiger partial charge in [-0.25, -0.2) is 10.3 Å². The van der Waals surface area contributed by atoms with E-state index in [2.05, 4.69) is 20.2 Å². The Kier molecular flexibility index (Phi) is 5.06. The number of nitrogens with two attached hydrogens (primary N) is 1. The van der Waals surface area contributed by atoms with Crippen molar-refractivity contribution in [3.05, 3.63) is 11.1 Å². The standard InChI is InChI=1S/C9H11N4O4S/c1-17-8(15)5(2-11-7(14)3-12-16)6-4-18-9(10)13-6/h3-5,16H,2H2,1H3,(H2,10,13). The van der Waals surface area contributed by atoms with E-state index in [1.165, 1.54) is 18.4 Å². The number of carbonyl (C=O) groups is 2. The lowest BCUT2D eigenvalue weighted by Gasteiger charge is -2.10. The van der Waals surface area contributed by atoms with Gasteiger partial charge in [-0.1, -0.05) is 5.16 Å². The largest absolute Gasteiger partial charge is 0.468 e. The zero-order valence-electron chi connectivity index (χ0n) is 9.44. The molecular formula is C9H11N4O4S. The number of nitrogens with zero attached hydrogens (tertiary/aromatic N) is 3.